The van der Waals surface area contributed by atoms with Crippen LogP contribution in [0.3, 0.4) is 0 Å². The van der Waals surface area contributed by atoms with E-state index < -0.39 is 0 Å². The SMILES string of the molecule is O=C(CCC(=O)N1CCC(c2ccc(Cl)cc2)CC1)c1ccc2c(c1)CNC2. The van der Waals surface area contributed by atoms with Crippen molar-refractivity contribution in [1.29, 1.82) is 0 Å². The highest BCUT2D eigenvalue weighted by Crippen LogP contribution is 2.29. The van der Waals surface area contributed by atoms with Crippen molar-refractivity contribution < 1.29 is 9.59 Å². The monoisotopic (exact) mass is 396 g/mol. The minimum atomic E-state index is 0.0547. The van der Waals surface area contributed by atoms with Crippen molar-refractivity contribution in [2.75, 3.05) is 13.1 Å². The van der Waals surface area contributed by atoms with Crippen LogP contribution in [0.15, 0.2) is 42.5 Å². The topological polar surface area (TPSA) is 49.4 Å². The summed E-state index contributed by atoms with van der Waals surface area (Å²) in [6.45, 7) is 3.20. The summed E-state index contributed by atoms with van der Waals surface area (Å²) in [4.78, 5) is 27.0. The molecule has 0 atom stereocenters. The molecule has 0 aliphatic carbocycles. The molecule has 0 unspecified atom stereocenters. The molecule has 0 bridgehead atoms. The van der Waals surface area contributed by atoms with Crippen LogP contribution in [0.2, 0.25) is 5.02 Å². The number of fused-ring (bicyclic) bond motifs is 1. The van der Waals surface area contributed by atoms with Crippen LogP contribution in [-0.2, 0) is 17.9 Å². The molecule has 5 heteroatoms. The Hall–Kier alpha value is -2.17. The lowest BCUT2D eigenvalue weighted by atomic mass is 9.89. The fraction of sp³-hybridized carbons (Fsp3) is 0.391. The first kappa shape index (κ1) is 19.2. The van der Waals surface area contributed by atoms with Crippen LogP contribution in [0, 0.1) is 0 Å². The van der Waals surface area contributed by atoms with Crippen molar-refractivity contribution in [2.24, 2.45) is 0 Å². The highest BCUT2D eigenvalue weighted by molar-refractivity contribution is 6.30. The number of piperidine rings is 1. The van der Waals surface area contributed by atoms with Gasteiger partial charge in [-0.1, -0.05) is 35.9 Å². The molecule has 28 heavy (non-hydrogen) atoms. The lowest BCUT2D eigenvalue weighted by Gasteiger charge is -2.32. The van der Waals surface area contributed by atoms with Gasteiger partial charge in [0, 0.05) is 49.6 Å². The second-order valence-electron chi connectivity index (χ2n) is 7.72. The number of amides is 1. The number of benzene rings is 2. The van der Waals surface area contributed by atoms with Crippen molar-refractivity contribution in [2.45, 2.75) is 44.7 Å². The number of nitrogens with zero attached hydrogens (tertiary/aromatic N) is 1. The highest BCUT2D eigenvalue weighted by atomic mass is 35.5. The number of hydrogen-bond acceptors (Lipinski definition) is 3. The predicted molar refractivity (Wildman–Crippen MR) is 111 cm³/mol. The summed E-state index contributed by atoms with van der Waals surface area (Å²) in [5.74, 6) is 0.618. The smallest absolute Gasteiger partial charge is 0.223 e. The van der Waals surface area contributed by atoms with Crippen LogP contribution in [0.5, 0.6) is 0 Å². The molecule has 4 rings (SSSR count). The Morgan fingerprint density at radius 1 is 0.964 bits per heavy atom. The summed E-state index contributed by atoms with van der Waals surface area (Å²) >= 11 is 5.96. The van der Waals surface area contributed by atoms with Crippen LogP contribution >= 0.6 is 11.6 Å². The summed E-state index contributed by atoms with van der Waals surface area (Å²) in [6, 6.07) is 13.9. The highest BCUT2D eigenvalue weighted by Gasteiger charge is 2.24. The third-order valence-corrected chi connectivity index (χ3v) is 6.17. The van der Waals surface area contributed by atoms with Gasteiger partial charge >= 0.3 is 0 Å². The molecule has 2 aromatic carbocycles. The molecular formula is C23H25ClN2O2. The maximum Gasteiger partial charge on any atom is 0.223 e. The van der Waals surface area contributed by atoms with E-state index in [1.807, 2.05) is 35.2 Å². The van der Waals surface area contributed by atoms with Gasteiger partial charge in [0.1, 0.15) is 0 Å². The molecule has 2 heterocycles. The number of hydrogen-bond donors (Lipinski definition) is 1. The van der Waals surface area contributed by atoms with Crippen LogP contribution < -0.4 is 5.32 Å². The number of ketones is 1. The van der Waals surface area contributed by atoms with Gasteiger partial charge in [0.25, 0.3) is 0 Å². The van der Waals surface area contributed by atoms with Crippen molar-refractivity contribution in [1.82, 2.24) is 10.2 Å². The number of likely N-dealkylation sites (tertiary alicyclic amines) is 1. The van der Waals surface area contributed by atoms with Crippen LogP contribution in [0.1, 0.15) is 58.6 Å². The standard InChI is InChI=1S/C23H25ClN2O2/c24-21-5-3-16(4-6-21)17-9-11-26(12-10-17)23(28)8-7-22(27)18-1-2-19-14-25-15-20(19)13-18/h1-6,13,17,25H,7-12,14-15H2. The van der Waals surface area contributed by atoms with Gasteiger partial charge < -0.3 is 10.2 Å². The second-order valence-corrected chi connectivity index (χ2v) is 8.15. The van der Waals surface area contributed by atoms with E-state index in [1.54, 1.807) is 0 Å². The molecule has 1 N–H and O–H groups in total. The third kappa shape index (κ3) is 4.29. The van der Waals surface area contributed by atoms with E-state index in [2.05, 4.69) is 17.4 Å². The Bertz CT molecular complexity index is 871. The van der Waals surface area contributed by atoms with Gasteiger partial charge in [-0.15, -0.1) is 0 Å². The number of nitrogens with one attached hydrogen (secondary N) is 1. The van der Waals surface area contributed by atoms with Gasteiger partial charge in [-0.05, 0) is 53.6 Å². The number of Topliss-reactive ketones (excluding diaryl/α,β-unsaturated/α-hetero) is 1. The average molecular weight is 397 g/mol. The lowest BCUT2D eigenvalue weighted by Crippen LogP contribution is -2.38. The first-order chi connectivity index (χ1) is 13.6. The Morgan fingerprint density at radius 3 is 2.43 bits per heavy atom. The Labute approximate surface area is 170 Å². The van der Waals surface area contributed by atoms with Crippen LogP contribution in [-0.4, -0.2) is 29.7 Å². The minimum Gasteiger partial charge on any atom is -0.343 e. The van der Waals surface area contributed by atoms with Gasteiger partial charge in [0.05, 0.1) is 0 Å². The molecule has 2 aliphatic rings. The maximum absolute atomic E-state index is 12.6. The van der Waals surface area contributed by atoms with Gasteiger partial charge in [-0.3, -0.25) is 9.59 Å². The first-order valence-corrected chi connectivity index (χ1v) is 10.4. The number of rotatable bonds is 5. The lowest BCUT2D eigenvalue weighted by molar-refractivity contribution is -0.132. The normalized spacial score (nSPS) is 16.8. The minimum absolute atomic E-state index is 0.0547. The molecule has 1 saturated heterocycles. The fourth-order valence-corrected chi connectivity index (χ4v) is 4.31. The summed E-state index contributed by atoms with van der Waals surface area (Å²) < 4.78 is 0. The van der Waals surface area contributed by atoms with Gasteiger partial charge in [-0.2, -0.15) is 0 Å². The van der Waals surface area contributed by atoms with Gasteiger partial charge in [0.2, 0.25) is 5.91 Å². The molecule has 146 valence electrons. The quantitative estimate of drug-likeness (QED) is 0.766. The molecular weight excluding hydrogens is 372 g/mol. The molecule has 0 radical (unpaired) electrons. The molecule has 1 fully saturated rings. The second kappa shape index (κ2) is 8.46. The molecule has 2 aliphatic heterocycles. The summed E-state index contributed by atoms with van der Waals surface area (Å²) in [5.41, 5.74) is 4.46. The number of carbonyl (C=O) groups excluding carboxylic acids is 2. The van der Waals surface area contributed by atoms with Crippen LogP contribution in [0.4, 0.5) is 0 Å². The Balaban J connectivity index is 1.26. The van der Waals surface area contributed by atoms with E-state index in [4.69, 9.17) is 11.6 Å². The molecule has 1 amide bonds. The molecule has 0 aromatic heterocycles. The number of halogens is 1. The third-order valence-electron chi connectivity index (χ3n) is 5.91. The fourth-order valence-electron chi connectivity index (χ4n) is 4.19. The van der Waals surface area contributed by atoms with E-state index in [9.17, 15) is 9.59 Å². The first-order valence-electron chi connectivity index (χ1n) is 9.99. The number of carbonyl (C=O) groups is 2. The predicted octanol–water partition coefficient (Wildman–Crippen LogP) is 4.31. The molecule has 0 spiro atoms. The van der Waals surface area contributed by atoms with E-state index in [0.717, 1.165) is 49.6 Å². The Morgan fingerprint density at radius 2 is 1.68 bits per heavy atom. The maximum atomic E-state index is 12.6. The molecule has 0 saturated carbocycles. The molecule has 4 nitrogen and oxygen atoms in total. The largest absolute Gasteiger partial charge is 0.343 e. The summed E-state index contributed by atoms with van der Waals surface area (Å²) in [6.07, 6.45) is 2.49. The van der Waals surface area contributed by atoms with E-state index in [-0.39, 0.29) is 18.1 Å². The van der Waals surface area contributed by atoms with Crippen LogP contribution in [0.25, 0.3) is 0 Å². The summed E-state index contributed by atoms with van der Waals surface area (Å²) in [5, 5.41) is 4.04. The zero-order chi connectivity index (χ0) is 19.5. The van der Waals surface area contributed by atoms with Crippen molar-refractivity contribution in [3.63, 3.8) is 0 Å². The van der Waals surface area contributed by atoms with Gasteiger partial charge in [0.15, 0.2) is 5.78 Å². The summed E-state index contributed by atoms with van der Waals surface area (Å²) in [7, 11) is 0. The Kier molecular flexibility index (Phi) is 5.79. The van der Waals surface area contributed by atoms with Crippen molar-refractivity contribution >= 4 is 23.3 Å². The van der Waals surface area contributed by atoms with Gasteiger partial charge in [-0.25, -0.2) is 0 Å². The van der Waals surface area contributed by atoms with E-state index in [0.29, 0.717) is 12.3 Å². The average Bonchev–Trinajstić information content (AvgIpc) is 3.20. The molecule has 2 aromatic rings. The van der Waals surface area contributed by atoms with E-state index in [1.165, 1.54) is 16.7 Å². The van der Waals surface area contributed by atoms with Crippen molar-refractivity contribution in [3.05, 3.63) is 69.7 Å². The van der Waals surface area contributed by atoms with E-state index >= 15 is 0 Å². The zero-order valence-corrected chi connectivity index (χ0v) is 16.7. The zero-order valence-electron chi connectivity index (χ0n) is 15.9. The van der Waals surface area contributed by atoms with Crippen molar-refractivity contribution in [3.8, 4) is 0 Å².